The Morgan fingerprint density at radius 1 is 1.36 bits per heavy atom. The average molecular weight is 394 g/mol. The molecule has 3 N–H and O–H groups in total. The maximum Gasteiger partial charge on any atom is 0.699 e. The number of phenols is 1. The lowest BCUT2D eigenvalue weighted by atomic mass is 9.94. The number of rotatable bonds is 5. The van der Waals surface area contributed by atoms with Crippen LogP contribution in [-0.2, 0) is 0 Å². The van der Waals surface area contributed by atoms with Crippen molar-refractivity contribution in [1.82, 2.24) is 4.48 Å². The summed E-state index contributed by atoms with van der Waals surface area (Å²) in [5.41, 5.74) is 12.4. The lowest BCUT2D eigenvalue weighted by Gasteiger charge is -2.18. The summed E-state index contributed by atoms with van der Waals surface area (Å²) in [5.74, 6) is 0.300. The highest BCUT2D eigenvalue weighted by Crippen LogP contribution is 2.37. The van der Waals surface area contributed by atoms with Crippen LogP contribution in [0.15, 0.2) is 36.0 Å². The summed E-state index contributed by atoms with van der Waals surface area (Å²) in [6, 6.07) is 5.66. The molecule has 0 aliphatic carbocycles. The standard InChI is InChI=1S/C21H21BClN3O2/c1-13-12-15(7-5-14-6-8-18(28-2)21(27)19(14)23)26-20(13)16(9-10-24)17-4-3-11-25(17)22-26/h3-8,11-12,27H,9-10,24H2,1-2H3/q+1/b7-5+. The minimum Gasteiger partial charge on any atom is -0.503 e. The minimum atomic E-state index is -0.0539. The largest absolute Gasteiger partial charge is 0.699 e. The number of nitrogens with two attached hydrogens (primary N) is 1. The van der Waals surface area contributed by atoms with E-state index in [1.807, 2.05) is 30.5 Å². The van der Waals surface area contributed by atoms with Gasteiger partial charge in [-0.05, 0) is 55.3 Å². The van der Waals surface area contributed by atoms with Gasteiger partial charge in [-0.25, -0.2) is 0 Å². The fourth-order valence-electron chi connectivity index (χ4n) is 3.73. The van der Waals surface area contributed by atoms with Crippen molar-refractivity contribution in [2.24, 2.45) is 5.73 Å². The molecule has 1 aromatic carbocycles. The smallest absolute Gasteiger partial charge is 0.503 e. The molecule has 0 saturated heterocycles. The number of fused-ring (bicyclic) bond motifs is 2. The van der Waals surface area contributed by atoms with Crippen molar-refractivity contribution >= 4 is 43.1 Å². The molecule has 2 aromatic rings. The van der Waals surface area contributed by atoms with Gasteiger partial charge in [0.05, 0.1) is 12.1 Å². The maximum absolute atomic E-state index is 10.1. The van der Waals surface area contributed by atoms with Gasteiger partial charge in [0, 0.05) is 29.1 Å². The zero-order chi connectivity index (χ0) is 19.8. The summed E-state index contributed by atoms with van der Waals surface area (Å²) in [5, 5.41) is 10.4. The van der Waals surface area contributed by atoms with E-state index in [2.05, 4.69) is 35.6 Å². The summed E-state index contributed by atoms with van der Waals surface area (Å²) < 4.78 is 9.38. The third-order valence-corrected chi connectivity index (χ3v) is 5.42. The fraction of sp³-hybridized carbons (Fsp3) is 0.190. The number of hydrogen-bond donors (Lipinski definition) is 2. The Morgan fingerprint density at radius 3 is 2.93 bits per heavy atom. The number of ether oxygens (including phenoxy) is 1. The van der Waals surface area contributed by atoms with E-state index in [1.54, 1.807) is 6.07 Å². The van der Waals surface area contributed by atoms with E-state index < -0.39 is 0 Å². The topological polar surface area (TPSA) is 63.4 Å². The van der Waals surface area contributed by atoms with E-state index in [0.29, 0.717) is 12.3 Å². The van der Waals surface area contributed by atoms with E-state index in [-0.39, 0.29) is 10.8 Å². The number of aryl methyl sites for hydroxylation is 1. The molecule has 0 saturated carbocycles. The third kappa shape index (κ3) is 2.99. The van der Waals surface area contributed by atoms with Gasteiger partial charge in [-0.1, -0.05) is 17.7 Å². The second-order valence-corrected chi connectivity index (χ2v) is 7.14. The molecule has 1 radical (unpaired) electrons. The summed E-state index contributed by atoms with van der Waals surface area (Å²) >= 11 is 6.29. The van der Waals surface area contributed by atoms with E-state index in [9.17, 15) is 5.11 Å². The second-order valence-electron chi connectivity index (χ2n) is 6.76. The van der Waals surface area contributed by atoms with E-state index in [0.717, 1.165) is 17.7 Å². The predicted molar refractivity (Wildman–Crippen MR) is 115 cm³/mol. The van der Waals surface area contributed by atoms with Crippen molar-refractivity contribution < 1.29 is 14.3 Å². The van der Waals surface area contributed by atoms with Crippen LogP contribution in [0.4, 0.5) is 0 Å². The monoisotopic (exact) mass is 393 g/mol. The molecule has 0 amide bonds. The van der Waals surface area contributed by atoms with Gasteiger partial charge >= 0.3 is 7.55 Å². The van der Waals surface area contributed by atoms with E-state index in [1.165, 1.54) is 29.6 Å². The van der Waals surface area contributed by atoms with Crippen LogP contribution in [0.25, 0.3) is 17.7 Å². The molecule has 2 aliphatic heterocycles. The van der Waals surface area contributed by atoms with Gasteiger partial charge in [0.15, 0.2) is 17.2 Å². The SMILES string of the molecule is COc1ccc(/C=C/c2cc(C)c3n2[B][N+]2=CC=CC2=C3CCN)c(Cl)c1O. The Hall–Kier alpha value is -2.70. The first-order valence-corrected chi connectivity index (χ1v) is 9.46. The molecule has 3 heterocycles. The first kappa shape index (κ1) is 18.7. The molecule has 2 aliphatic rings. The molecule has 0 fully saturated rings. The van der Waals surface area contributed by atoms with Crippen molar-refractivity contribution in [3.05, 3.63) is 63.6 Å². The Bertz CT molecular complexity index is 1080. The van der Waals surface area contributed by atoms with Gasteiger partial charge < -0.3 is 20.1 Å². The number of nitrogens with zero attached hydrogens (tertiary/aromatic N) is 2. The highest BCUT2D eigenvalue weighted by atomic mass is 35.5. The number of halogens is 1. The average Bonchev–Trinajstić information content (AvgIpc) is 3.28. The van der Waals surface area contributed by atoms with Crippen LogP contribution in [0.1, 0.15) is 28.9 Å². The van der Waals surface area contributed by atoms with Gasteiger partial charge in [-0.3, -0.25) is 4.49 Å². The van der Waals surface area contributed by atoms with Crippen molar-refractivity contribution in [2.45, 2.75) is 13.3 Å². The molecule has 7 heteroatoms. The zero-order valence-electron chi connectivity index (χ0n) is 15.8. The van der Waals surface area contributed by atoms with E-state index >= 15 is 0 Å². The fourth-order valence-corrected chi connectivity index (χ4v) is 3.95. The Labute approximate surface area is 170 Å². The van der Waals surface area contributed by atoms with Gasteiger partial charge in [-0.15, -0.1) is 0 Å². The Balaban J connectivity index is 1.75. The number of benzene rings is 1. The zero-order valence-corrected chi connectivity index (χ0v) is 16.6. The van der Waals surface area contributed by atoms with E-state index in [4.69, 9.17) is 22.1 Å². The third-order valence-electron chi connectivity index (χ3n) is 5.03. The molecular formula is C21H21BClN3O2+. The highest BCUT2D eigenvalue weighted by molar-refractivity contribution is 6.34. The van der Waals surface area contributed by atoms with Gasteiger partial charge in [0.25, 0.3) is 0 Å². The number of methoxy groups -OCH3 is 1. The van der Waals surface area contributed by atoms with Crippen LogP contribution >= 0.6 is 11.6 Å². The normalized spacial score (nSPS) is 14.9. The number of allylic oxidation sites excluding steroid dienone is 2. The van der Waals surface area contributed by atoms with Gasteiger partial charge in [0.1, 0.15) is 6.21 Å². The first-order valence-electron chi connectivity index (χ1n) is 9.09. The minimum absolute atomic E-state index is 0.0539. The quantitative estimate of drug-likeness (QED) is 0.765. The second kappa shape index (κ2) is 7.38. The molecule has 0 spiro atoms. The number of aromatic nitrogens is 1. The molecule has 0 bridgehead atoms. The number of hydrogen-bond acceptors (Lipinski definition) is 3. The van der Waals surface area contributed by atoms with Crippen LogP contribution in [0.3, 0.4) is 0 Å². The first-order chi connectivity index (χ1) is 13.5. The molecule has 28 heavy (non-hydrogen) atoms. The summed E-state index contributed by atoms with van der Waals surface area (Å²) in [6.07, 6.45) is 10.9. The van der Waals surface area contributed by atoms with Gasteiger partial charge in [0.2, 0.25) is 0 Å². The van der Waals surface area contributed by atoms with Crippen LogP contribution in [-0.4, -0.2) is 41.5 Å². The van der Waals surface area contributed by atoms with Crippen molar-refractivity contribution in [3.63, 3.8) is 0 Å². The van der Waals surface area contributed by atoms with Crippen LogP contribution in [0, 0.1) is 6.92 Å². The summed E-state index contributed by atoms with van der Waals surface area (Å²) in [6.45, 7) is 2.70. The lowest BCUT2D eigenvalue weighted by molar-refractivity contribution is -0.307. The molecule has 0 unspecified atom stereocenters. The van der Waals surface area contributed by atoms with Crippen molar-refractivity contribution in [3.8, 4) is 11.5 Å². The predicted octanol–water partition coefficient (Wildman–Crippen LogP) is 3.44. The summed E-state index contributed by atoms with van der Waals surface area (Å²) in [7, 11) is 3.57. The molecule has 141 valence electrons. The van der Waals surface area contributed by atoms with Gasteiger partial charge in [-0.2, -0.15) is 0 Å². The molecule has 4 rings (SSSR count). The van der Waals surface area contributed by atoms with Crippen molar-refractivity contribution in [1.29, 1.82) is 0 Å². The molecule has 0 atom stereocenters. The Morgan fingerprint density at radius 2 is 2.18 bits per heavy atom. The van der Waals surface area contributed by atoms with Crippen LogP contribution in [0.5, 0.6) is 11.5 Å². The lowest BCUT2D eigenvalue weighted by Crippen LogP contribution is -2.30. The number of aromatic hydroxyl groups is 1. The molecular weight excluding hydrogens is 373 g/mol. The summed E-state index contributed by atoms with van der Waals surface area (Å²) in [4.78, 5) is 0. The van der Waals surface area contributed by atoms with Crippen LogP contribution in [0.2, 0.25) is 5.02 Å². The molecule has 1 aromatic heterocycles. The van der Waals surface area contributed by atoms with Crippen molar-refractivity contribution in [2.75, 3.05) is 13.7 Å². The molecule has 5 nitrogen and oxygen atoms in total. The maximum atomic E-state index is 10.1. The Kier molecular flexibility index (Phi) is 4.91. The number of phenolic OH excluding ortho intramolecular Hbond substituents is 1. The highest BCUT2D eigenvalue weighted by Gasteiger charge is 2.34. The van der Waals surface area contributed by atoms with Crippen LogP contribution < -0.4 is 10.5 Å².